The summed E-state index contributed by atoms with van der Waals surface area (Å²) in [7, 11) is 0. The molecule has 2 saturated heterocycles. The number of nitrogens with zero attached hydrogens (tertiary/aromatic N) is 5. The molecule has 3 aromatic rings. The molecule has 0 unspecified atom stereocenters. The maximum atomic E-state index is 14.0. The van der Waals surface area contributed by atoms with Crippen LogP contribution in [0.15, 0.2) is 24.5 Å². The van der Waals surface area contributed by atoms with Crippen molar-refractivity contribution in [3.8, 4) is 23.2 Å². The van der Waals surface area contributed by atoms with Gasteiger partial charge in [0.2, 0.25) is 11.7 Å². The fourth-order valence-corrected chi connectivity index (χ4v) is 5.08. The molecule has 37 heavy (non-hydrogen) atoms. The van der Waals surface area contributed by atoms with Gasteiger partial charge in [0.25, 0.3) is 0 Å². The van der Waals surface area contributed by atoms with E-state index < -0.39 is 17.6 Å². The van der Waals surface area contributed by atoms with Crippen molar-refractivity contribution in [3.05, 3.63) is 35.9 Å². The van der Waals surface area contributed by atoms with Gasteiger partial charge in [-0.15, -0.1) is 0 Å². The highest BCUT2D eigenvalue weighted by Crippen LogP contribution is 2.38. The second kappa shape index (κ2) is 11.0. The predicted molar refractivity (Wildman–Crippen MR) is 130 cm³/mol. The number of nitrogens with one attached hydrogen (secondary N) is 1. The molecule has 0 aliphatic carbocycles. The molecule has 0 bridgehead atoms. The van der Waals surface area contributed by atoms with Crippen molar-refractivity contribution < 1.29 is 22.6 Å². The van der Waals surface area contributed by atoms with Crippen LogP contribution in [0.4, 0.5) is 13.2 Å². The minimum absolute atomic E-state index is 0.106. The fourth-order valence-electron chi connectivity index (χ4n) is 5.08. The average Bonchev–Trinajstić information content (AvgIpc) is 3.31. The third-order valence-corrected chi connectivity index (χ3v) is 7.17. The molecule has 0 amide bonds. The van der Waals surface area contributed by atoms with E-state index in [2.05, 4.69) is 20.3 Å². The van der Waals surface area contributed by atoms with E-state index in [0.717, 1.165) is 44.8 Å². The van der Waals surface area contributed by atoms with Gasteiger partial charge in [-0.2, -0.15) is 18.4 Å². The topological polar surface area (TPSA) is 97.9 Å². The Balaban J connectivity index is 1.44. The Morgan fingerprint density at radius 1 is 1.14 bits per heavy atom. The number of pyridine rings is 1. The number of halogens is 3. The van der Waals surface area contributed by atoms with E-state index in [-0.39, 0.29) is 23.7 Å². The van der Waals surface area contributed by atoms with Gasteiger partial charge in [0.15, 0.2) is 0 Å². The minimum atomic E-state index is -4.66. The molecule has 2 aliphatic heterocycles. The zero-order chi connectivity index (χ0) is 25.8. The Morgan fingerprint density at radius 2 is 1.92 bits per heavy atom. The van der Waals surface area contributed by atoms with Gasteiger partial charge in [-0.1, -0.05) is 0 Å². The van der Waals surface area contributed by atoms with Crippen LogP contribution in [0, 0.1) is 23.2 Å². The van der Waals surface area contributed by atoms with Crippen LogP contribution in [0.2, 0.25) is 0 Å². The SMILES string of the molecule is N#Cc1nc(-c2cnc(OCCC3CCNCC3)c(C(F)(F)F)c2)c2ccn(CC3CCOCC3)c2n1. The average molecular weight is 515 g/mol. The lowest BCUT2D eigenvalue weighted by atomic mass is 9.95. The summed E-state index contributed by atoms with van der Waals surface area (Å²) in [6.07, 6.45) is 3.00. The summed E-state index contributed by atoms with van der Waals surface area (Å²) in [6.45, 7) is 4.09. The first kappa shape index (κ1) is 25.4. The molecule has 11 heteroatoms. The van der Waals surface area contributed by atoms with E-state index in [1.54, 1.807) is 6.07 Å². The van der Waals surface area contributed by atoms with Crippen LogP contribution in [-0.2, 0) is 17.5 Å². The highest BCUT2D eigenvalue weighted by molar-refractivity contribution is 5.91. The zero-order valence-electron chi connectivity index (χ0n) is 20.4. The van der Waals surface area contributed by atoms with Crippen LogP contribution < -0.4 is 10.1 Å². The van der Waals surface area contributed by atoms with Crippen LogP contribution in [-0.4, -0.2) is 52.4 Å². The normalized spacial score (nSPS) is 17.7. The highest BCUT2D eigenvalue weighted by atomic mass is 19.4. The molecule has 2 fully saturated rings. The Morgan fingerprint density at radius 3 is 2.65 bits per heavy atom. The minimum Gasteiger partial charge on any atom is -0.477 e. The summed E-state index contributed by atoms with van der Waals surface area (Å²) in [5.74, 6) is 0.283. The van der Waals surface area contributed by atoms with Gasteiger partial charge in [-0.05, 0) is 69.2 Å². The summed E-state index contributed by atoms with van der Waals surface area (Å²) in [4.78, 5) is 12.7. The molecule has 0 atom stereocenters. The van der Waals surface area contributed by atoms with Crippen molar-refractivity contribution in [2.24, 2.45) is 11.8 Å². The molecule has 0 aromatic carbocycles. The van der Waals surface area contributed by atoms with E-state index in [1.165, 1.54) is 6.20 Å². The summed E-state index contributed by atoms with van der Waals surface area (Å²) in [6, 6.07) is 4.72. The zero-order valence-corrected chi connectivity index (χ0v) is 20.4. The number of hydrogen-bond donors (Lipinski definition) is 1. The third kappa shape index (κ3) is 5.86. The van der Waals surface area contributed by atoms with E-state index in [9.17, 15) is 18.4 Å². The number of fused-ring (bicyclic) bond motifs is 1. The predicted octanol–water partition coefficient (Wildman–Crippen LogP) is 4.58. The van der Waals surface area contributed by atoms with Crippen molar-refractivity contribution in [3.63, 3.8) is 0 Å². The standard InChI is InChI=1S/C26H29F3N6O2/c27-26(28,29)21-13-19(15-32-25(21)37-12-6-17-1-7-31-8-2-17)23-20-3-9-35(16-18-4-10-36-11-5-18)24(20)34-22(14-30)33-23/h3,9,13,15,17-18,31H,1-2,4-8,10-12,16H2. The lowest BCUT2D eigenvalue weighted by molar-refractivity contribution is -0.139. The summed E-state index contributed by atoms with van der Waals surface area (Å²) in [5, 5.41) is 13.4. The first-order valence-corrected chi connectivity index (χ1v) is 12.7. The van der Waals surface area contributed by atoms with E-state index in [1.807, 2.05) is 16.8 Å². The van der Waals surface area contributed by atoms with Gasteiger partial charge in [0, 0.05) is 43.1 Å². The number of nitriles is 1. The maximum absolute atomic E-state index is 14.0. The molecule has 5 rings (SSSR count). The molecule has 1 N–H and O–H groups in total. The van der Waals surface area contributed by atoms with Crippen LogP contribution in [0.5, 0.6) is 5.88 Å². The molecule has 196 valence electrons. The molecule has 2 aliphatic rings. The Hall–Kier alpha value is -3.23. The maximum Gasteiger partial charge on any atom is 0.421 e. The number of piperidine rings is 1. The van der Waals surface area contributed by atoms with Crippen LogP contribution in [0.25, 0.3) is 22.3 Å². The number of aromatic nitrogens is 4. The fraction of sp³-hybridized carbons (Fsp3) is 0.538. The summed E-state index contributed by atoms with van der Waals surface area (Å²) < 4.78 is 55.0. The molecule has 5 heterocycles. The van der Waals surface area contributed by atoms with Gasteiger partial charge >= 0.3 is 6.18 Å². The lowest BCUT2D eigenvalue weighted by Gasteiger charge is -2.22. The molecular formula is C26H29F3N6O2. The monoisotopic (exact) mass is 514 g/mol. The van der Waals surface area contributed by atoms with E-state index in [0.29, 0.717) is 49.0 Å². The Labute approximate surface area is 212 Å². The molecule has 3 aromatic heterocycles. The van der Waals surface area contributed by atoms with Gasteiger partial charge in [-0.3, -0.25) is 0 Å². The molecule has 0 spiro atoms. The second-order valence-corrected chi connectivity index (χ2v) is 9.67. The molecule has 0 saturated carbocycles. The Bertz CT molecular complexity index is 1270. The van der Waals surface area contributed by atoms with E-state index in [4.69, 9.17) is 9.47 Å². The quantitative estimate of drug-likeness (QED) is 0.493. The van der Waals surface area contributed by atoms with Crippen molar-refractivity contribution >= 4 is 11.0 Å². The highest BCUT2D eigenvalue weighted by Gasteiger charge is 2.36. The van der Waals surface area contributed by atoms with Crippen LogP contribution in [0.1, 0.15) is 43.5 Å². The Kier molecular flexibility index (Phi) is 7.58. The van der Waals surface area contributed by atoms with Crippen LogP contribution in [0.3, 0.4) is 0 Å². The summed E-state index contributed by atoms with van der Waals surface area (Å²) in [5.41, 5.74) is -0.0385. The number of ether oxygens (including phenoxy) is 2. The lowest BCUT2D eigenvalue weighted by Crippen LogP contribution is -2.28. The van der Waals surface area contributed by atoms with Gasteiger partial charge in [0.1, 0.15) is 17.3 Å². The molecular weight excluding hydrogens is 485 g/mol. The van der Waals surface area contributed by atoms with Crippen LogP contribution >= 0.6 is 0 Å². The largest absolute Gasteiger partial charge is 0.477 e. The molecule has 0 radical (unpaired) electrons. The van der Waals surface area contributed by atoms with Gasteiger partial charge in [0.05, 0.1) is 12.3 Å². The van der Waals surface area contributed by atoms with Crippen molar-refractivity contribution in [2.75, 3.05) is 32.9 Å². The number of rotatable bonds is 7. The third-order valence-electron chi connectivity index (χ3n) is 7.17. The van der Waals surface area contributed by atoms with Crippen molar-refractivity contribution in [1.82, 2.24) is 24.8 Å². The number of alkyl halides is 3. The smallest absolute Gasteiger partial charge is 0.421 e. The first-order chi connectivity index (χ1) is 17.9. The second-order valence-electron chi connectivity index (χ2n) is 9.67. The van der Waals surface area contributed by atoms with Crippen molar-refractivity contribution in [2.45, 2.75) is 44.8 Å². The van der Waals surface area contributed by atoms with Gasteiger partial charge in [-0.25, -0.2) is 15.0 Å². The molecule has 8 nitrogen and oxygen atoms in total. The summed E-state index contributed by atoms with van der Waals surface area (Å²) >= 11 is 0. The van der Waals surface area contributed by atoms with Crippen molar-refractivity contribution in [1.29, 1.82) is 5.26 Å². The van der Waals surface area contributed by atoms with Gasteiger partial charge < -0.3 is 19.4 Å². The van der Waals surface area contributed by atoms with E-state index >= 15 is 0 Å². The number of hydrogen-bond acceptors (Lipinski definition) is 7. The first-order valence-electron chi connectivity index (χ1n) is 12.7.